The number of benzene rings is 2. The Labute approximate surface area is 158 Å². The van der Waals surface area contributed by atoms with E-state index in [-0.39, 0.29) is 12.3 Å². The van der Waals surface area contributed by atoms with Crippen molar-refractivity contribution in [3.05, 3.63) is 54.1 Å². The molecular formula is C19H17F3N2O4. The highest BCUT2D eigenvalue weighted by atomic mass is 19.4. The molecule has 0 bridgehead atoms. The Kier molecular flexibility index (Phi) is 5.43. The smallest absolute Gasteiger partial charge is 0.416 e. The largest absolute Gasteiger partial charge is 0.481 e. The van der Waals surface area contributed by atoms with Crippen molar-refractivity contribution in [2.45, 2.75) is 12.6 Å². The molecule has 1 unspecified atom stereocenters. The number of alkyl halides is 3. The number of hydrogen-bond donors (Lipinski definition) is 2. The summed E-state index contributed by atoms with van der Waals surface area (Å²) in [5.41, 5.74) is -0.348. The maximum atomic E-state index is 12.7. The van der Waals surface area contributed by atoms with Crippen LogP contribution in [0.1, 0.15) is 12.0 Å². The topological polar surface area (TPSA) is 78.9 Å². The zero-order valence-electron chi connectivity index (χ0n) is 14.6. The first kappa shape index (κ1) is 19.5. The van der Waals surface area contributed by atoms with Gasteiger partial charge in [0.15, 0.2) is 0 Å². The number of halogens is 3. The average molecular weight is 394 g/mol. The quantitative estimate of drug-likeness (QED) is 0.804. The van der Waals surface area contributed by atoms with Gasteiger partial charge in [-0.15, -0.1) is 0 Å². The second kappa shape index (κ2) is 7.79. The third kappa shape index (κ3) is 4.73. The number of hydrogen-bond acceptors (Lipinski definition) is 3. The van der Waals surface area contributed by atoms with Crippen molar-refractivity contribution in [3.63, 3.8) is 0 Å². The molecule has 1 saturated heterocycles. The number of carbonyl (C=O) groups excluding carboxylic acids is 1. The lowest BCUT2D eigenvalue weighted by atomic mass is 10.1. The van der Waals surface area contributed by atoms with E-state index in [2.05, 4.69) is 5.32 Å². The average Bonchev–Trinajstić information content (AvgIpc) is 3.14. The molecule has 1 atom stereocenters. The highest BCUT2D eigenvalue weighted by molar-refractivity contribution is 5.90. The Morgan fingerprint density at radius 2 is 1.82 bits per heavy atom. The molecule has 2 N–H and O–H groups in total. The minimum atomic E-state index is -4.46. The van der Waals surface area contributed by atoms with Gasteiger partial charge in [0, 0.05) is 18.8 Å². The third-order valence-corrected chi connectivity index (χ3v) is 4.33. The van der Waals surface area contributed by atoms with Crippen LogP contribution < -0.4 is 10.1 Å². The Morgan fingerprint density at radius 1 is 1.11 bits per heavy atom. The van der Waals surface area contributed by atoms with E-state index in [4.69, 9.17) is 9.84 Å². The van der Waals surface area contributed by atoms with E-state index in [9.17, 15) is 22.8 Å². The van der Waals surface area contributed by atoms with Crippen LogP contribution in [0.4, 0.5) is 23.7 Å². The van der Waals surface area contributed by atoms with Crippen LogP contribution in [0.15, 0.2) is 48.5 Å². The molecule has 3 rings (SSSR count). The summed E-state index contributed by atoms with van der Waals surface area (Å²) in [5.74, 6) is -1.13. The molecule has 9 heteroatoms. The van der Waals surface area contributed by atoms with Gasteiger partial charge in [-0.05, 0) is 48.9 Å². The summed E-state index contributed by atoms with van der Waals surface area (Å²) >= 11 is 0. The Morgan fingerprint density at radius 3 is 2.43 bits per heavy atom. The lowest BCUT2D eigenvalue weighted by Gasteiger charge is -2.17. The molecule has 1 aliphatic rings. The van der Waals surface area contributed by atoms with Crippen molar-refractivity contribution in [1.82, 2.24) is 4.90 Å². The maximum Gasteiger partial charge on any atom is 0.416 e. The van der Waals surface area contributed by atoms with Gasteiger partial charge in [-0.2, -0.15) is 13.2 Å². The summed E-state index contributed by atoms with van der Waals surface area (Å²) in [6.07, 6.45) is -4.05. The van der Waals surface area contributed by atoms with Crippen LogP contribution in [0.3, 0.4) is 0 Å². The van der Waals surface area contributed by atoms with E-state index >= 15 is 0 Å². The number of amides is 2. The molecule has 2 aromatic rings. The molecule has 2 aromatic carbocycles. The van der Waals surface area contributed by atoms with Gasteiger partial charge in [0.1, 0.15) is 11.5 Å². The van der Waals surface area contributed by atoms with Gasteiger partial charge in [0.25, 0.3) is 0 Å². The molecule has 0 saturated carbocycles. The van der Waals surface area contributed by atoms with Gasteiger partial charge in [0.05, 0.1) is 11.5 Å². The predicted molar refractivity (Wildman–Crippen MR) is 94.3 cm³/mol. The van der Waals surface area contributed by atoms with Gasteiger partial charge in [-0.25, -0.2) is 4.79 Å². The van der Waals surface area contributed by atoms with Crippen LogP contribution in [-0.4, -0.2) is 35.1 Å². The summed E-state index contributed by atoms with van der Waals surface area (Å²) in [7, 11) is 0. The zero-order valence-corrected chi connectivity index (χ0v) is 14.6. The number of anilines is 1. The number of nitrogens with one attached hydrogen (secondary N) is 1. The van der Waals surface area contributed by atoms with Gasteiger partial charge in [-0.3, -0.25) is 4.79 Å². The van der Waals surface area contributed by atoms with Crippen LogP contribution in [0.25, 0.3) is 0 Å². The Balaban J connectivity index is 1.60. The number of carboxylic acid groups (broad SMARTS) is 1. The molecule has 0 aromatic heterocycles. The Hall–Kier alpha value is -3.23. The van der Waals surface area contributed by atoms with E-state index < -0.39 is 29.7 Å². The van der Waals surface area contributed by atoms with Gasteiger partial charge >= 0.3 is 18.2 Å². The number of rotatable bonds is 4. The normalized spacial score (nSPS) is 16.7. The number of carbonyl (C=O) groups is 2. The lowest BCUT2D eigenvalue weighted by molar-refractivity contribution is -0.141. The fraction of sp³-hybridized carbons (Fsp3) is 0.263. The fourth-order valence-electron chi connectivity index (χ4n) is 2.83. The van der Waals surface area contributed by atoms with Crippen LogP contribution in [0.5, 0.6) is 11.5 Å². The van der Waals surface area contributed by atoms with E-state index in [0.29, 0.717) is 24.4 Å². The fourth-order valence-corrected chi connectivity index (χ4v) is 2.83. The van der Waals surface area contributed by atoms with E-state index in [1.54, 1.807) is 12.1 Å². The minimum absolute atomic E-state index is 0.0448. The first-order valence-corrected chi connectivity index (χ1v) is 8.46. The lowest BCUT2D eigenvalue weighted by Crippen LogP contribution is -2.33. The van der Waals surface area contributed by atoms with Crippen LogP contribution in [0.2, 0.25) is 0 Å². The van der Waals surface area contributed by atoms with E-state index in [1.807, 2.05) is 0 Å². The molecule has 1 heterocycles. The van der Waals surface area contributed by atoms with Crippen molar-refractivity contribution < 1.29 is 32.6 Å². The summed E-state index contributed by atoms with van der Waals surface area (Å²) in [6.45, 7) is 0.511. The SMILES string of the molecule is O=C(O)C1CCN(C(=O)Nc2ccc(Oc3cccc(C(F)(F)F)c3)cc2)C1. The number of carboxylic acids is 1. The molecule has 1 fully saturated rings. The maximum absolute atomic E-state index is 12.7. The van der Waals surface area contributed by atoms with Gasteiger partial charge in [-0.1, -0.05) is 6.07 Å². The number of aliphatic carboxylic acids is 1. The molecule has 0 spiro atoms. The zero-order chi connectivity index (χ0) is 20.3. The number of likely N-dealkylation sites (tertiary alicyclic amines) is 1. The molecule has 0 radical (unpaired) electrons. The first-order chi connectivity index (χ1) is 13.2. The molecular weight excluding hydrogens is 377 g/mol. The highest BCUT2D eigenvalue weighted by Gasteiger charge is 2.31. The number of urea groups is 1. The van der Waals surface area contributed by atoms with Crippen molar-refractivity contribution in [1.29, 1.82) is 0 Å². The molecule has 6 nitrogen and oxygen atoms in total. The monoisotopic (exact) mass is 394 g/mol. The summed E-state index contributed by atoms with van der Waals surface area (Å²) < 4.78 is 43.7. The van der Waals surface area contributed by atoms with Crippen LogP contribution in [0, 0.1) is 5.92 Å². The van der Waals surface area contributed by atoms with E-state index in [1.165, 1.54) is 29.2 Å². The van der Waals surface area contributed by atoms with Crippen molar-refractivity contribution >= 4 is 17.7 Å². The van der Waals surface area contributed by atoms with Gasteiger partial charge in [0.2, 0.25) is 0 Å². The number of nitrogens with zero attached hydrogens (tertiary/aromatic N) is 1. The van der Waals surface area contributed by atoms with Crippen LogP contribution >= 0.6 is 0 Å². The second-order valence-electron chi connectivity index (χ2n) is 6.35. The predicted octanol–water partition coefficient (Wildman–Crippen LogP) is 4.44. The third-order valence-electron chi connectivity index (χ3n) is 4.33. The van der Waals surface area contributed by atoms with Crippen molar-refractivity contribution in [2.24, 2.45) is 5.92 Å². The summed E-state index contributed by atoms with van der Waals surface area (Å²) in [5, 5.41) is 11.6. The van der Waals surface area contributed by atoms with Crippen LogP contribution in [-0.2, 0) is 11.0 Å². The molecule has 1 aliphatic heterocycles. The second-order valence-corrected chi connectivity index (χ2v) is 6.35. The van der Waals surface area contributed by atoms with E-state index in [0.717, 1.165) is 12.1 Å². The van der Waals surface area contributed by atoms with Gasteiger partial charge < -0.3 is 20.1 Å². The van der Waals surface area contributed by atoms with Crippen molar-refractivity contribution in [3.8, 4) is 11.5 Å². The molecule has 0 aliphatic carbocycles. The molecule has 28 heavy (non-hydrogen) atoms. The summed E-state index contributed by atoms with van der Waals surface area (Å²) in [4.78, 5) is 24.6. The minimum Gasteiger partial charge on any atom is -0.481 e. The highest BCUT2D eigenvalue weighted by Crippen LogP contribution is 2.33. The first-order valence-electron chi connectivity index (χ1n) is 8.46. The Bertz CT molecular complexity index is 868. The number of ether oxygens (including phenoxy) is 1. The van der Waals surface area contributed by atoms with Crippen molar-refractivity contribution in [2.75, 3.05) is 18.4 Å². The standard InChI is InChI=1S/C19H17F3N2O4/c20-19(21,22)13-2-1-3-16(10-13)28-15-6-4-14(5-7-15)23-18(27)24-9-8-12(11-24)17(25)26/h1-7,10,12H,8-9,11H2,(H,23,27)(H,25,26). The molecule has 2 amide bonds. The summed E-state index contributed by atoms with van der Waals surface area (Å²) in [6, 6.07) is 10.2. The molecule has 148 valence electrons.